The minimum atomic E-state index is -0.622. The number of nitrogens with two attached hydrogens (primary N) is 1. The van der Waals surface area contributed by atoms with Gasteiger partial charge in [-0.25, -0.2) is 4.39 Å². The molecule has 1 fully saturated rings. The number of hydrogen-bond acceptors (Lipinski definition) is 4. The first kappa shape index (κ1) is 10.7. The molecule has 92 valence electrons. The molecule has 1 aromatic rings. The highest BCUT2D eigenvalue weighted by atomic mass is 19.1. The first-order chi connectivity index (χ1) is 8.15. The summed E-state index contributed by atoms with van der Waals surface area (Å²) in [5, 5.41) is 0. The van der Waals surface area contributed by atoms with Gasteiger partial charge in [-0.1, -0.05) is 0 Å². The summed E-state index contributed by atoms with van der Waals surface area (Å²) < 4.78 is 30.2. The lowest BCUT2D eigenvalue weighted by Crippen LogP contribution is -2.25. The maximum Gasteiger partial charge on any atom is 0.174 e. The quantitative estimate of drug-likeness (QED) is 0.850. The van der Waals surface area contributed by atoms with Gasteiger partial charge in [0.05, 0.1) is 12.7 Å². The fourth-order valence-corrected chi connectivity index (χ4v) is 2.12. The van der Waals surface area contributed by atoms with E-state index < -0.39 is 11.4 Å². The van der Waals surface area contributed by atoms with E-state index in [1.807, 2.05) is 0 Å². The molecule has 1 aromatic carbocycles. The first-order valence-electron chi connectivity index (χ1n) is 5.61. The van der Waals surface area contributed by atoms with Crippen molar-refractivity contribution >= 4 is 0 Å². The average Bonchev–Trinajstić information content (AvgIpc) is 3.07. The van der Waals surface area contributed by atoms with E-state index >= 15 is 0 Å². The van der Waals surface area contributed by atoms with Crippen LogP contribution in [0.5, 0.6) is 17.2 Å². The molecule has 0 unspecified atom stereocenters. The zero-order valence-corrected chi connectivity index (χ0v) is 9.59. The molecule has 0 atom stereocenters. The molecule has 0 bridgehead atoms. The zero-order valence-electron chi connectivity index (χ0n) is 9.59. The van der Waals surface area contributed by atoms with Crippen LogP contribution in [-0.4, -0.2) is 20.3 Å². The highest BCUT2D eigenvalue weighted by molar-refractivity contribution is 5.57. The van der Waals surface area contributed by atoms with Gasteiger partial charge in [0, 0.05) is 11.6 Å². The van der Waals surface area contributed by atoms with E-state index in [-0.39, 0.29) is 5.75 Å². The van der Waals surface area contributed by atoms with Gasteiger partial charge >= 0.3 is 0 Å². The number of halogens is 1. The van der Waals surface area contributed by atoms with Crippen LogP contribution in [0.1, 0.15) is 18.4 Å². The molecule has 1 aliphatic heterocycles. The number of hydrogen-bond donors (Lipinski definition) is 1. The molecule has 3 rings (SSSR count). The molecular weight excluding hydrogens is 225 g/mol. The topological polar surface area (TPSA) is 53.7 Å². The van der Waals surface area contributed by atoms with Gasteiger partial charge in [-0.05, 0) is 12.8 Å². The summed E-state index contributed by atoms with van der Waals surface area (Å²) in [6.45, 7) is 0.876. The normalized spacial score (nSPS) is 19.9. The van der Waals surface area contributed by atoms with Crippen molar-refractivity contribution in [2.24, 2.45) is 5.73 Å². The monoisotopic (exact) mass is 239 g/mol. The number of benzene rings is 1. The van der Waals surface area contributed by atoms with Crippen LogP contribution < -0.4 is 19.9 Å². The predicted molar refractivity (Wildman–Crippen MR) is 59.0 cm³/mol. The van der Waals surface area contributed by atoms with E-state index in [0.717, 1.165) is 12.8 Å². The minimum absolute atomic E-state index is 0.154. The first-order valence-corrected chi connectivity index (χ1v) is 5.61. The number of methoxy groups -OCH3 is 1. The molecule has 0 radical (unpaired) electrons. The Morgan fingerprint density at radius 3 is 2.71 bits per heavy atom. The largest absolute Gasteiger partial charge is 0.494 e. The molecule has 17 heavy (non-hydrogen) atoms. The molecule has 0 spiro atoms. The predicted octanol–water partition coefficient (Wildman–Crippen LogP) is 1.55. The highest BCUT2D eigenvalue weighted by Crippen LogP contribution is 2.53. The zero-order chi connectivity index (χ0) is 12.0. The Balaban J connectivity index is 2.22. The van der Waals surface area contributed by atoms with Crippen molar-refractivity contribution in [3.63, 3.8) is 0 Å². The number of ether oxygens (including phenoxy) is 3. The van der Waals surface area contributed by atoms with Crippen LogP contribution in [0.15, 0.2) is 6.07 Å². The molecule has 2 N–H and O–H groups in total. The fraction of sp³-hybridized carbons (Fsp3) is 0.500. The summed E-state index contributed by atoms with van der Waals surface area (Å²) in [6.07, 6.45) is 1.51. The van der Waals surface area contributed by atoms with E-state index in [4.69, 9.17) is 19.9 Å². The van der Waals surface area contributed by atoms with Crippen molar-refractivity contribution in [2.45, 2.75) is 18.4 Å². The van der Waals surface area contributed by atoms with Gasteiger partial charge in [0.1, 0.15) is 13.2 Å². The molecule has 0 amide bonds. The van der Waals surface area contributed by atoms with Crippen molar-refractivity contribution in [1.29, 1.82) is 0 Å². The van der Waals surface area contributed by atoms with Crippen LogP contribution in [-0.2, 0) is 5.54 Å². The SMILES string of the molecule is COc1cc2c(c(C3(N)CC3)c1F)OCCO2. The van der Waals surface area contributed by atoms with Crippen molar-refractivity contribution in [3.05, 3.63) is 17.4 Å². The maximum absolute atomic E-state index is 14.3. The summed E-state index contributed by atoms with van der Waals surface area (Å²) in [5.41, 5.74) is 5.86. The molecule has 2 aliphatic rings. The highest BCUT2D eigenvalue weighted by Gasteiger charge is 2.46. The average molecular weight is 239 g/mol. The van der Waals surface area contributed by atoms with Gasteiger partial charge < -0.3 is 19.9 Å². The van der Waals surface area contributed by atoms with Crippen molar-refractivity contribution in [2.75, 3.05) is 20.3 Å². The second-order valence-corrected chi connectivity index (χ2v) is 4.45. The van der Waals surface area contributed by atoms with Crippen molar-refractivity contribution < 1.29 is 18.6 Å². The van der Waals surface area contributed by atoms with E-state index in [9.17, 15) is 4.39 Å². The molecular formula is C12H14FNO3. The van der Waals surface area contributed by atoms with Gasteiger partial charge in [-0.3, -0.25) is 0 Å². The second-order valence-electron chi connectivity index (χ2n) is 4.45. The van der Waals surface area contributed by atoms with Gasteiger partial charge in [0.2, 0.25) is 0 Å². The Morgan fingerprint density at radius 1 is 1.35 bits per heavy atom. The smallest absolute Gasteiger partial charge is 0.174 e. The molecule has 1 aliphatic carbocycles. The van der Waals surface area contributed by atoms with E-state index in [1.165, 1.54) is 13.2 Å². The number of fused-ring (bicyclic) bond motifs is 1. The number of rotatable bonds is 2. The van der Waals surface area contributed by atoms with Gasteiger partial charge in [-0.15, -0.1) is 0 Å². The minimum Gasteiger partial charge on any atom is -0.494 e. The van der Waals surface area contributed by atoms with Gasteiger partial charge in [-0.2, -0.15) is 0 Å². The fourth-order valence-electron chi connectivity index (χ4n) is 2.12. The van der Waals surface area contributed by atoms with Crippen LogP contribution in [0.4, 0.5) is 4.39 Å². The molecule has 1 heterocycles. The van der Waals surface area contributed by atoms with E-state index in [2.05, 4.69) is 0 Å². The second kappa shape index (κ2) is 3.50. The lowest BCUT2D eigenvalue weighted by atomic mass is 10.0. The van der Waals surface area contributed by atoms with Crippen LogP contribution >= 0.6 is 0 Å². The standard InChI is InChI=1S/C12H14FNO3/c1-15-7-6-8-11(17-5-4-16-8)9(10(7)13)12(14)2-3-12/h6H,2-5,14H2,1H3. The molecule has 4 nitrogen and oxygen atoms in total. The molecule has 0 saturated heterocycles. The lowest BCUT2D eigenvalue weighted by molar-refractivity contribution is 0.166. The summed E-state index contributed by atoms with van der Waals surface area (Å²) in [5.74, 6) is 0.675. The van der Waals surface area contributed by atoms with Gasteiger partial charge in [0.25, 0.3) is 0 Å². The third-order valence-corrected chi connectivity index (χ3v) is 3.24. The third-order valence-electron chi connectivity index (χ3n) is 3.24. The summed E-state index contributed by atoms with van der Waals surface area (Å²) in [4.78, 5) is 0. The molecule has 1 saturated carbocycles. The Labute approximate surface area is 98.5 Å². The Kier molecular flexibility index (Phi) is 2.19. The summed E-state index contributed by atoms with van der Waals surface area (Å²) in [7, 11) is 1.42. The van der Waals surface area contributed by atoms with Crippen molar-refractivity contribution in [3.8, 4) is 17.2 Å². The van der Waals surface area contributed by atoms with Crippen molar-refractivity contribution in [1.82, 2.24) is 0 Å². The van der Waals surface area contributed by atoms with E-state index in [1.54, 1.807) is 0 Å². The van der Waals surface area contributed by atoms with Gasteiger partial charge in [0.15, 0.2) is 23.1 Å². The Hall–Kier alpha value is -1.49. The maximum atomic E-state index is 14.3. The lowest BCUT2D eigenvalue weighted by Gasteiger charge is -2.25. The van der Waals surface area contributed by atoms with Crippen LogP contribution in [0.3, 0.4) is 0 Å². The van der Waals surface area contributed by atoms with Crippen LogP contribution in [0, 0.1) is 5.82 Å². The molecule has 0 aromatic heterocycles. The van der Waals surface area contributed by atoms with Crippen LogP contribution in [0.25, 0.3) is 0 Å². The summed E-state index contributed by atoms with van der Waals surface area (Å²) in [6, 6.07) is 1.51. The molecule has 5 heteroatoms. The van der Waals surface area contributed by atoms with E-state index in [0.29, 0.717) is 30.3 Å². The Bertz CT molecular complexity index is 471. The summed E-state index contributed by atoms with van der Waals surface area (Å²) >= 11 is 0. The Morgan fingerprint density at radius 2 is 2.06 bits per heavy atom. The van der Waals surface area contributed by atoms with Crippen LogP contribution in [0.2, 0.25) is 0 Å². The third kappa shape index (κ3) is 1.53.